The highest BCUT2D eigenvalue weighted by molar-refractivity contribution is 5.81. The minimum absolute atomic E-state index is 0.0171. The van der Waals surface area contributed by atoms with Gasteiger partial charge in [-0.25, -0.2) is 0 Å². The molecular formula is C20H18N4O7. The van der Waals surface area contributed by atoms with Gasteiger partial charge in [0.15, 0.2) is 0 Å². The van der Waals surface area contributed by atoms with Crippen LogP contribution < -0.4 is 10.1 Å². The summed E-state index contributed by atoms with van der Waals surface area (Å²) in [6, 6.07) is 8.93. The fourth-order valence-electron chi connectivity index (χ4n) is 5.32. The Morgan fingerprint density at radius 3 is 2.65 bits per heavy atom. The number of likely N-dealkylation sites (tertiary alicyclic amines) is 1. The Kier molecular flexibility index (Phi) is 3.81. The molecule has 0 aliphatic carbocycles. The molecule has 1 saturated heterocycles. The Bertz CT molecular complexity index is 1170. The van der Waals surface area contributed by atoms with Crippen LogP contribution in [0.25, 0.3) is 0 Å². The molecule has 0 spiro atoms. The zero-order valence-corrected chi connectivity index (χ0v) is 16.7. The number of likely N-dealkylation sites (N-methyl/N-ethyl adjacent to an activating group) is 1. The summed E-state index contributed by atoms with van der Waals surface area (Å²) in [5, 5.41) is 26.7. The van der Waals surface area contributed by atoms with E-state index < -0.39 is 44.4 Å². The highest BCUT2D eigenvalue weighted by Gasteiger charge is 2.71. The van der Waals surface area contributed by atoms with Gasteiger partial charge < -0.3 is 14.8 Å². The highest BCUT2D eigenvalue weighted by atomic mass is 16.6. The van der Waals surface area contributed by atoms with Gasteiger partial charge in [0, 0.05) is 17.3 Å². The van der Waals surface area contributed by atoms with E-state index in [4.69, 9.17) is 9.47 Å². The molecular weight excluding hydrogens is 408 g/mol. The predicted molar refractivity (Wildman–Crippen MR) is 107 cm³/mol. The molecule has 5 rings (SSSR count). The summed E-state index contributed by atoms with van der Waals surface area (Å²) in [4.78, 5) is 36.4. The summed E-state index contributed by atoms with van der Waals surface area (Å²) in [6.07, 6.45) is 0.172. The topological polar surface area (TPSA) is 137 Å². The van der Waals surface area contributed by atoms with E-state index in [0.29, 0.717) is 5.56 Å². The molecule has 160 valence electrons. The quantitative estimate of drug-likeness (QED) is 0.445. The van der Waals surface area contributed by atoms with Crippen LogP contribution in [0.1, 0.15) is 17.5 Å². The Morgan fingerprint density at radius 2 is 1.97 bits per heavy atom. The first-order valence-electron chi connectivity index (χ1n) is 9.56. The second-order valence-electron chi connectivity index (χ2n) is 8.02. The molecule has 0 aromatic heterocycles. The molecule has 0 radical (unpaired) electrons. The number of fused-ring (bicyclic) bond motifs is 2. The lowest BCUT2D eigenvalue weighted by molar-refractivity contribution is -0.394. The molecule has 2 aromatic rings. The van der Waals surface area contributed by atoms with Crippen molar-refractivity contribution < 1.29 is 24.1 Å². The molecule has 2 aromatic carbocycles. The fourth-order valence-corrected chi connectivity index (χ4v) is 5.32. The van der Waals surface area contributed by atoms with E-state index in [-0.39, 0.29) is 18.7 Å². The number of esters is 1. The van der Waals surface area contributed by atoms with E-state index in [1.165, 1.54) is 13.2 Å². The van der Waals surface area contributed by atoms with Gasteiger partial charge in [-0.15, -0.1) is 0 Å². The number of ether oxygens (including phenoxy) is 2. The molecule has 3 atom stereocenters. The van der Waals surface area contributed by atoms with Gasteiger partial charge in [-0.1, -0.05) is 18.2 Å². The molecule has 31 heavy (non-hydrogen) atoms. The van der Waals surface area contributed by atoms with Crippen LogP contribution in [0.15, 0.2) is 36.4 Å². The lowest BCUT2D eigenvalue weighted by atomic mass is 9.64. The van der Waals surface area contributed by atoms with Crippen molar-refractivity contribution in [1.82, 2.24) is 4.90 Å². The molecule has 1 N–H and O–H groups in total. The number of nitro groups is 2. The van der Waals surface area contributed by atoms with Crippen LogP contribution in [-0.4, -0.2) is 53.2 Å². The Balaban J connectivity index is 1.84. The summed E-state index contributed by atoms with van der Waals surface area (Å²) in [5.74, 6) is -0.472. The van der Waals surface area contributed by atoms with Gasteiger partial charge in [0.05, 0.1) is 35.0 Å². The number of nitrogens with zero attached hydrogens (tertiary/aromatic N) is 3. The van der Waals surface area contributed by atoms with Crippen molar-refractivity contribution in [3.8, 4) is 5.75 Å². The molecule has 3 aliphatic heterocycles. The molecule has 1 fully saturated rings. The van der Waals surface area contributed by atoms with Crippen molar-refractivity contribution in [2.45, 2.75) is 23.6 Å². The molecule has 11 nitrogen and oxygen atoms in total. The number of rotatable bonds is 3. The summed E-state index contributed by atoms with van der Waals surface area (Å²) < 4.78 is 11.3. The summed E-state index contributed by atoms with van der Waals surface area (Å²) in [6.45, 7) is 0.196. The first-order chi connectivity index (χ1) is 14.7. The number of carbonyl (C=O) groups excluding carboxylic acids is 1. The zero-order chi connectivity index (χ0) is 22.1. The maximum atomic E-state index is 12.6. The molecule has 11 heteroatoms. The van der Waals surface area contributed by atoms with E-state index in [2.05, 4.69) is 5.32 Å². The van der Waals surface area contributed by atoms with Crippen LogP contribution in [0.4, 0.5) is 17.1 Å². The maximum absolute atomic E-state index is 12.6. The van der Waals surface area contributed by atoms with Gasteiger partial charge in [-0.3, -0.25) is 29.9 Å². The summed E-state index contributed by atoms with van der Waals surface area (Å²) in [7, 11) is 3.04. The predicted octanol–water partition coefficient (Wildman–Crippen LogP) is 2.18. The molecule has 0 amide bonds. The lowest BCUT2D eigenvalue weighted by Crippen LogP contribution is -2.67. The van der Waals surface area contributed by atoms with Crippen molar-refractivity contribution in [3.63, 3.8) is 0 Å². The lowest BCUT2D eigenvalue weighted by Gasteiger charge is -2.49. The van der Waals surface area contributed by atoms with Gasteiger partial charge in [0.2, 0.25) is 11.5 Å². The number of hydrogen-bond acceptors (Lipinski definition) is 9. The third kappa shape index (κ3) is 2.29. The number of para-hydroxylation sites is 1. The van der Waals surface area contributed by atoms with Crippen LogP contribution >= 0.6 is 0 Å². The van der Waals surface area contributed by atoms with Gasteiger partial charge in [-0.05, 0) is 25.1 Å². The van der Waals surface area contributed by atoms with Crippen molar-refractivity contribution in [2.75, 3.05) is 26.0 Å². The van der Waals surface area contributed by atoms with Crippen molar-refractivity contribution in [2.24, 2.45) is 0 Å². The summed E-state index contributed by atoms with van der Waals surface area (Å²) >= 11 is 0. The van der Waals surface area contributed by atoms with Crippen molar-refractivity contribution in [1.29, 1.82) is 0 Å². The van der Waals surface area contributed by atoms with Gasteiger partial charge in [-0.2, -0.15) is 0 Å². The Hall–Kier alpha value is -3.73. The average molecular weight is 426 g/mol. The first-order valence-corrected chi connectivity index (χ1v) is 9.56. The number of nitro benzene ring substituents is 2. The second kappa shape index (κ2) is 6.14. The minimum Gasteiger partial charge on any atom is -0.468 e. The normalized spacial score (nSPS) is 27.7. The third-order valence-corrected chi connectivity index (χ3v) is 6.59. The van der Waals surface area contributed by atoms with Crippen LogP contribution in [-0.2, 0) is 14.9 Å². The SMILES string of the molecule is COC(=O)[C@@H]1C[C@]23c4ccccc4N[C@]2(CN1C)Oc1c([N+](=O)[O-])cc([N+](=O)[O-])cc13. The minimum atomic E-state index is -1.17. The zero-order valence-electron chi connectivity index (χ0n) is 16.7. The van der Waals surface area contributed by atoms with Gasteiger partial charge in [0.1, 0.15) is 6.04 Å². The van der Waals surface area contributed by atoms with Gasteiger partial charge in [0.25, 0.3) is 5.69 Å². The monoisotopic (exact) mass is 426 g/mol. The molecule has 0 bridgehead atoms. The largest absolute Gasteiger partial charge is 0.468 e. The standard InChI is InChI=1S/C20H18N4O7/c1-22-10-20-19(9-16(22)18(25)30-2,12-5-3-4-6-14(12)21-20)13-7-11(23(26)27)8-15(24(28)29)17(13)31-20/h3-8,16,21H,9-10H2,1-2H3/t16-,19+,20+/m0/s1. The number of anilines is 1. The number of nitrogens with one attached hydrogen (secondary N) is 1. The number of hydrogen-bond donors (Lipinski definition) is 1. The summed E-state index contributed by atoms with van der Waals surface area (Å²) in [5.41, 5.74) is -1.26. The Labute approximate surface area is 175 Å². The van der Waals surface area contributed by atoms with Crippen LogP contribution in [0, 0.1) is 20.2 Å². The van der Waals surface area contributed by atoms with Gasteiger partial charge >= 0.3 is 11.7 Å². The maximum Gasteiger partial charge on any atom is 0.323 e. The number of benzene rings is 2. The van der Waals surface area contributed by atoms with Crippen molar-refractivity contribution >= 4 is 23.0 Å². The van der Waals surface area contributed by atoms with E-state index >= 15 is 0 Å². The van der Waals surface area contributed by atoms with E-state index in [1.54, 1.807) is 11.9 Å². The van der Waals surface area contributed by atoms with Crippen LogP contribution in [0.2, 0.25) is 0 Å². The molecule has 0 unspecified atom stereocenters. The third-order valence-electron chi connectivity index (χ3n) is 6.59. The molecule has 3 heterocycles. The molecule has 0 saturated carbocycles. The van der Waals surface area contributed by atoms with E-state index in [0.717, 1.165) is 17.3 Å². The number of non-ortho nitro benzene ring substituents is 1. The van der Waals surface area contributed by atoms with E-state index in [9.17, 15) is 25.0 Å². The number of methoxy groups -OCH3 is 1. The fraction of sp³-hybridized carbons (Fsp3) is 0.350. The highest BCUT2D eigenvalue weighted by Crippen LogP contribution is 2.65. The second-order valence-corrected chi connectivity index (χ2v) is 8.02. The number of piperidine rings is 1. The van der Waals surface area contributed by atoms with Crippen LogP contribution in [0.3, 0.4) is 0 Å². The average Bonchev–Trinajstić information content (AvgIpc) is 3.17. The van der Waals surface area contributed by atoms with Crippen molar-refractivity contribution in [3.05, 3.63) is 67.8 Å². The molecule has 3 aliphatic rings. The first kappa shape index (κ1) is 19.2. The Morgan fingerprint density at radius 1 is 1.23 bits per heavy atom. The number of carbonyl (C=O) groups is 1. The van der Waals surface area contributed by atoms with Crippen LogP contribution in [0.5, 0.6) is 5.75 Å². The van der Waals surface area contributed by atoms with E-state index in [1.807, 2.05) is 24.3 Å². The smallest absolute Gasteiger partial charge is 0.323 e.